The lowest BCUT2D eigenvalue weighted by Gasteiger charge is -2.27. The molecule has 6 nitrogen and oxygen atoms in total. The SMILES string of the molecule is CC(C)Cc1ccc(CN2CCn3nc([C@@H](O)c4nccn4C)cc3C2)cc1. The van der Waals surface area contributed by atoms with Gasteiger partial charge in [0, 0.05) is 39.1 Å². The molecule has 148 valence electrons. The summed E-state index contributed by atoms with van der Waals surface area (Å²) in [6, 6.07) is 11.0. The summed E-state index contributed by atoms with van der Waals surface area (Å²) in [5, 5.41) is 15.2. The summed E-state index contributed by atoms with van der Waals surface area (Å²) < 4.78 is 3.85. The Kier molecular flexibility index (Phi) is 5.33. The Morgan fingerprint density at radius 1 is 1.11 bits per heavy atom. The summed E-state index contributed by atoms with van der Waals surface area (Å²) >= 11 is 0. The molecule has 0 bridgehead atoms. The van der Waals surface area contributed by atoms with E-state index in [1.54, 1.807) is 6.20 Å². The van der Waals surface area contributed by atoms with Gasteiger partial charge >= 0.3 is 0 Å². The third kappa shape index (κ3) is 4.03. The van der Waals surface area contributed by atoms with Crippen molar-refractivity contribution in [1.82, 2.24) is 24.2 Å². The summed E-state index contributed by atoms with van der Waals surface area (Å²) in [5.41, 5.74) is 4.56. The van der Waals surface area contributed by atoms with Gasteiger partial charge in [-0.3, -0.25) is 9.58 Å². The maximum absolute atomic E-state index is 10.6. The minimum atomic E-state index is -0.792. The number of rotatable bonds is 6. The average Bonchev–Trinajstić information content (AvgIpc) is 3.28. The molecule has 3 aromatic rings. The number of hydrogen-bond donors (Lipinski definition) is 1. The van der Waals surface area contributed by atoms with E-state index in [9.17, 15) is 5.11 Å². The highest BCUT2D eigenvalue weighted by atomic mass is 16.3. The molecule has 1 aromatic carbocycles. The molecule has 1 aliphatic rings. The van der Waals surface area contributed by atoms with Crippen molar-refractivity contribution in [2.75, 3.05) is 6.54 Å². The second kappa shape index (κ2) is 7.89. The Morgan fingerprint density at radius 2 is 1.86 bits per heavy atom. The summed E-state index contributed by atoms with van der Waals surface area (Å²) in [6.07, 6.45) is 3.87. The van der Waals surface area contributed by atoms with Gasteiger partial charge in [-0.1, -0.05) is 38.1 Å². The molecule has 28 heavy (non-hydrogen) atoms. The van der Waals surface area contributed by atoms with Gasteiger partial charge in [-0.25, -0.2) is 4.98 Å². The molecular formula is C22H29N5O. The zero-order chi connectivity index (χ0) is 19.7. The average molecular weight is 380 g/mol. The van der Waals surface area contributed by atoms with Crippen molar-refractivity contribution in [3.8, 4) is 0 Å². The third-order valence-corrected chi connectivity index (χ3v) is 5.35. The van der Waals surface area contributed by atoms with Gasteiger partial charge in [0.15, 0.2) is 6.10 Å². The predicted molar refractivity (Wildman–Crippen MR) is 109 cm³/mol. The molecule has 1 atom stereocenters. The zero-order valence-electron chi connectivity index (χ0n) is 16.9. The Hall–Kier alpha value is -2.44. The first kappa shape index (κ1) is 18.9. The molecule has 0 saturated carbocycles. The molecule has 0 spiro atoms. The maximum Gasteiger partial charge on any atom is 0.155 e. The Labute approximate surface area is 166 Å². The summed E-state index contributed by atoms with van der Waals surface area (Å²) in [7, 11) is 1.88. The van der Waals surface area contributed by atoms with E-state index in [-0.39, 0.29) is 0 Å². The second-order valence-corrected chi connectivity index (χ2v) is 8.21. The van der Waals surface area contributed by atoms with E-state index in [0.717, 1.165) is 38.3 Å². The molecule has 0 radical (unpaired) electrons. The second-order valence-electron chi connectivity index (χ2n) is 8.21. The van der Waals surface area contributed by atoms with Crippen LogP contribution in [-0.4, -0.2) is 35.9 Å². The summed E-state index contributed by atoms with van der Waals surface area (Å²) in [4.78, 5) is 6.68. The Morgan fingerprint density at radius 3 is 2.54 bits per heavy atom. The van der Waals surface area contributed by atoms with Crippen LogP contribution in [0.2, 0.25) is 0 Å². The van der Waals surface area contributed by atoms with Crippen LogP contribution >= 0.6 is 0 Å². The lowest BCUT2D eigenvalue weighted by atomic mass is 10.0. The normalized spacial score (nSPS) is 15.8. The lowest BCUT2D eigenvalue weighted by molar-refractivity contribution is 0.194. The number of aliphatic hydroxyl groups is 1. The van der Waals surface area contributed by atoms with Gasteiger partial charge in [-0.05, 0) is 29.5 Å². The van der Waals surface area contributed by atoms with E-state index < -0.39 is 6.10 Å². The van der Waals surface area contributed by atoms with Crippen molar-refractivity contribution in [2.45, 2.75) is 46.0 Å². The first-order chi connectivity index (χ1) is 13.5. The molecular weight excluding hydrogens is 350 g/mol. The number of nitrogens with zero attached hydrogens (tertiary/aromatic N) is 5. The molecule has 3 heterocycles. The quantitative estimate of drug-likeness (QED) is 0.715. The van der Waals surface area contributed by atoms with E-state index in [0.29, 0.717) is 17.4 Å². The molecule has 1 N–H and O–H groups in total. The molecule has 0 unspecified atom stereocenters. The first-order valence-electron chi connectivity index (χ1n) is 10.0. The third-order valence-electron chi connectivity index (χ3n) is 5.35. The first-order valence-corrected chi connectivity index (χ1v) is 10.0. The van der Waals surface area contributed by atoms with Gasteiger partial charge in [-0.15, -0.1) is 0 Å². The molecule has 6 heteroatoms. The van der Waals surface area contributed by atoms with Crippen molar-refractivity contribution < 1.29 is 5.11 Å². The van der Waals surface area contributed by atoms with Crippen LogP contribution in [0.25, 0.3) is 0 Å². The van der Waals surface area contributed by atoms with Gasteiger partial charge in [0.2, 0.25) is 0 Å². The molecule has 1 aliphatic heterocycles. The monoisotopic (exact) mass is 379 g/mol. The Balaban J connectivity index is 1.42. The fourth-order valence-corrected chi connectivity index (χ4v) is 3.89. The van der Waals surface area contributed by atoms with Crippen molar-refractivity contribution in [2.24, 2.45) is 13.0 Å². The minimum Gasteiger partial charge on any atom is -0.379 e. The molecule has 0 amide bonds. The van der Waals surface area contributed by atoms with Gasteiger partial charge in [0.25, 0.3) is 0 Å². The van der Waals surface area contributed by atoms with Crippen LogP contribution in [0.1, 0.15) is 48.3 Å². The number of aromatic nitrogens is 4. The highest BCUT2D eigenvalue weighted by Crippen LogP contribution is 2.23. The highest BCUT2D eigenvalue weighted by molar-refractivity contribution is 5.24. The van der Waals surface area contributed by atoms with Crippen LogP contribution in [0.15, 0.2) is 42.7 Å². The smallest absolute Gasteiger partial charge is 0.155 e. The fourth-order valence-electron chi connectivity index (χ4n) is 3.89. The highest BCUT2D eigenvalue weighted by Gasteiger charge is 2.23. The van der Waals surface area contributed by atoms with Crippen LogP contribution in [-0.2, 0) is 33.1 Å². The number of fused-ring (bicyclic) bond motifs is 1. The standard InChI is InChI=1S/C22H29N5O/c1-16(2)12-17-4-6-18(7-5-17)14-26-10-11-27-19(15-26)13-20(24-27)21(28)22-23-8-9-25(22)3/h4-9,13,16,21,28H,10-12,14-15H2,1-3H3/t21-/m1/s1. The van der Waals surface area contributed by atoms with E-state index in [2.05, 4.69) is 53.1 Å². The van der Waals surface area contributed by atoms with Crippen LogP contribution in [0.4, 0.5) is 0 Å². The van der Waals surface area contributed by atoms with Gasteiger partial charge in [0.1, 0.15) is 5.82 Å². The van der Waals surface area contributed by atoms with Crippen molar-refractivity contribution >= 4 is 0 Å². The molecule has 0 aliphatic carbocycles. The number of aliphatic hydroxyl groups excluding tert-OH is 1. The van der Waals surface area contributed by atoms with Gasteiger partial charge in [-0.2, -0.15) is 5.10 Å². The molecule has 0 fully saturated rings. The van der Waals surface area contributed by atoms with E-state index in [1.807, 2.05) is 28.6 Å². The van der Waals surface area contributed by atoms with E-state index in [1.165, 1.54) is 11.1 Å². The minimum absolute atomic E-state index is 0.619. The largest absolute Gasteiger partial charge is 0.379 e. The zero-order valence-corrected chi connectivity index (χ0v) is 16.9. The number of imidazole rings is 1. The van der Waals surface area contributed by atoms with E-state index in [4.69, 9.17) is 0 Å². The van der Waals surface area contributed by atoms with Crippen molar-refractivity contribution in [1.29, 1.82) is 0 Å². The molecule has 4 rings (SSSR count). The Bertz CT molecular complexity index is 925. The maximum atomic E-state index is 10.6. The number of aryl methyl sites for hydroxylation is 1. The van der Waals surface area contributed by atoms with Crippen LogP contribution in [0.3, 0.4) is 0 Å². The summed E-state index contributed by atoms with van der Waals surface area (Å²) in [5.74, 6) is 1.30. The number of benzene rings is 1. The topological polar surface area (TPSA) is 59.1 Å². The van der Waals surface area contributed by atoms with Gasteiger partial charge in [0.05, 0.1) is 17.9 Å². The molecule has 0 saturated heterocycles. The van der Waals surface area contributed by atoms with Gasteiger partial charge < -0.3 is 9.67 Å². The van der Waals surface area contributed by atoms with Crippen LogP contribution in [0, 0.1) is 5.92 Å². The predicted octanol–water partition coefficient (Wildman–Crippen LogP) is 2.91. The van der Waals surface area contributed by atoms with E-state index >= 15 is 0 Å². The summed E-state index contributed by atoms with van der Waals surface area (Å²) in [6.45, 7) is 8.08. The van der Waals surface area contributed by atoms with Crippen molar-refractivity contribution in [3.63, 3.8) is 0 Å². The molecule has 2 aromatic heterocycles. The number of hydrogen-bond acceptors (Lipinski definition) is 4. The van der Waals surface area contributed by atoms with Crippen LogP contribution < -0.4 is 0 Å². The van der Waals surface area contributed by atoms with Crippen LogP contribution in [0.5, 0.6) is 0 Å². The lowest BCUT2D eigenvalue weighted by Crippen LogP contribution is -2.33. The van der Waals surface area contributed by atoms with Crippen molar-refractivity contribution in [3.05, 3.63) is 71.1 Å². The fraction of sp³-hybridized carbons (Fsp3) is 0.455.